The Morgan fingerprint density at radius 2 is 2.26 bits per heavy atom. The highest BCUT2D eigenvalue weighted by Gasteiger charge is 2.27. The zero-order chi connectivity index (χ0) is 13.8. The largest absolute Gasteiger partial charge is 0.339 e. The lowest BCUT2D eigenvalue weighted by Crippen LogP contribution is -2.41. The van der Waals surface area contributed by atoms with Crippen molar-refractivity contribution in [3.8, 4) is 11.8 Å². The third-order valence-electron chi connectivity index (χ3n) is 3.48. The first kappa shape index (κ1) is 13.6. The molecule has 4 heteroatoms. The van der Waals surface area contributed by atoms with Gasteiger partial charge >= 0.3 is 0 Å². The lowest BCUT2D eigenvalue weighted by molar-refractivity contribution is 0.0651. The number of carbonyl (C=O) groups is 1. The lowest BCUT2D eigenvalue weighted by atomic mass is 9.91. The molecule has 0 aromatic heterocycles. The zero-order valence-electron chi connectivity index (χ0n) is 10.9. The molecule has 0 spiro atoms. The van der Waals surface area contributed by atoms with Crippen molar-refractivity contribution in [1.29, 1.82) is 0 Å². The Balaban J connectivity index is 2.29. The Morgan fingerprint density at radius 3 is 2.84 bits per heavy atom. The van der Waals surface area contributed by atoms with Crippen molar-refractivity contribution < 1.29 is 9.18 Å². The zero-order valence-corrected chi connectivity index (χ0v) is 10.9. The van der Waals surface area contributed by atoms with Crippen LogP contribution in [0.2, 0.25) is 0 Å². The van der Waals surface area contributed by atoms with Gasteiger partial charge in [0.05, 0.1) is 12.1 Å². The van der Waals surface area contributed by atoms with Crippen LogP contribution in [0.15, 0.2) is 18.2 Å². The molecule has 19 heavy (non-hydrogen) atoms. The highest BCUT2D eigenvalue weighted by atomic mass is 19.1. The summed E-state index contributed by atoms with van der Waals surface area (Å²) in [6.45, 7) is 0.183. The van der Waals surface area contributed by atoms with Crippen molar-refractivity contribution in [3.63, 3.8) is 0 Å². The fraction of sp³-hybridized carbons (Fsp3) is 0.400. The fourth-order valence-corrected chi connectivity index (χ4v) is 2.08. The minimum Gasteiger partial charge on any atom is -0.339 e. The maximum atomic E-state index is 13.3. The Bertz CT molecular complexity index is 541. The number of rotatable bonds is 2. The Hall–Kier alpha value is -1.86. The molecule has 0 aliphatic heterocycles. The maximum absolute atomic E-state index is 13.3. The summed E-state index contributed by atoms with van der Waals surface area (Å²) in [5.74, 6) is 4.92. The molecule has 0 bridgehead atoms. The van der Waals surface area contributed by atoms with E-state index in [1.807, 2.05) is 0 Å². The molecule has 2 rings (SSSR count). The second kappa shape index (κ2) is 5.85. The van der Waals surface area contributed by atoms with E-state index in [9.17, 15) is 9.18 Å². The van der Waals surface area contributed by atoms with E-state index in [-0.39, 0.29) is 12.5 Å². The fourth-order valence-electron chi connectivity index (χ4n) is 2.08. The van der Waals surface area contributed by atoms with Crippen LogP contribution in [-0.2, 0) is 0 Å². The van der Waals surface area contributed by atoms with Gasteiger partial charge in [-0.2, -0.15) is 0 Å². The summed E-state index contributed by atoms with van der Waals surface area (Å²) >= 11 is 0. The average Bonchev–Trinajstić information content (AvgIpc) is 2.33. The van der Waals surface area contributed by atoms with Crippen molar-refractivity contribution in [3.05, 3.63) is 35.1 Å². The number of hydrogen-bond donors (Lipinski definition) is 1. The van der Waals surface area contributed by atoms with E-state index < -0.39 is 5.82 Å². The number of nitrogens with two attached hydrogens (primary N) is 1. The van der Waals surface area contributed by atoms with E-state index in [0.29, 0.717) is 17.2 Å². The van der Waals surface area contributed by atoms with E-state index in [2.05, 4.69) is 11.8 Å². The summed E-state index contributed by atoms with van der Waals surface area (Å²) in [6, 6.07) is 4.36. The summed E-state index contributed by atoms with van der Waals surface area (Å²) in [4.78, 5) is 14.1. The summed E-state index contributed by atoms with van der Waals surface area (Å²) in [5.41, 5.74) is 6.16. The summed E-state index contributed by atoms with van der Waals surface area (Å²) in [5, 5.41) is 0. The molecular weight excluding hydrogens is 243 g/mol. The van der Waals surface area contributed by atoms with E-state index >= 15 is 0 Å². The first-order valence-electron chi connectivity index (χ1n) is 6.39. The number of benzene rings is 1. The molecule has 2 N–H and O–H groups in total. The van der Waals surface area contributed by atoms with E-state index in [0.717, 1.165) is 19.3 Å². The number of amides is 1. The van der Waals surface area contributed by atoms with Crippen LogP contribution in [0.1, 0.15) is 35.2 Å². The minimum atomic E-state index is -0.399. The topological polar surface area (TPSA) is 46.3 Å². The first-order valence-corrected chi connectivity index (χ1v) is 6.39. The van der Waals surface area contributed by atoms with Gasteiger partial charge in [0.25, 0.3) is 5.91 Å². The van der Waals surface area contributed by atoms with Gasteiger partial charge in [0.15, 0.2) is 0 Å². The van der Waals surface area contributed by atoms with Crippen molar-refractivity contribution >= 4 is 5.91 Å². The molecule has 0 unspecified atom stereocenters. The molecule has 1 aliphatic rings. The van der Waals surface area contributed by atoms with Crippen molar-refractivity contribution in [1.82, 2.24) is 4.90 Å². The number of hydrogen-bond acceptors (Lipinski definition) is 2. The highest BCUT2D eigenvalue weighted by Crippen LogP contribution is 2.25. The van der Waals surface area contributed by atoms with Crippen LogP contribution in [0, 0.1) is 17.7 Å². The van der Waals surface area contributed by atoms with Crippen LogP contribution in [0.3, 0.4) is 0 Å². The molecule has 1 fully saturated rings. The predicted octanol–water partition coefficient (Wildman–Crippen LogP) is 1.76. The Kier molecular flexibility index (Phi) is 4.18. The van der Waals surface area contributed by atoms with Crippen molar-refractivity contribution in [2.24, 2.45) is 5.73 Å². The normalized spacial score (nSPS) is 14.3. The number of carbonyl (C=O) groups excluding carboxylic acids is 1. The van der Waals surface area contributed by atoms with Crippen molar-refractivity contribution in [2.75, 3.05) is 13.6 Å². The number of nitrogens with zero attached hydrogens (tertiary/aromatic N) is 1. The van der Waals surface area contributed by atoms with Crippen LogP contribution >= 0.6 is 0 Å². The molecule has 1 aromatic rings. The van der Waals surface area contributed by atoms with E-state index in [1.165, 1.54) is 18.2 Å². The smallest absolute Gasteiger partial charge is 0.255 e. The second-order valence-corrected chi connectivity index (χ2v) is 4.70. The Labute approximate surface area is 112 Å². The molecular formula is C15H17FN2O. The second-order valence-electron chi connectivity index (χ2n) is 4.70. The quantitative estimate of drug-likeness (QED) is 0.824. The van der Waals surface area contributed by atoms with Crippen molar-refractivity contribution in [2.45, 2.75) is 25.3 Å². The van der Waals surface area contributed by atoms with E-state index in [1.54, 1.807) is 11.9 Å². The molecule has 1 amide bonds. The maximum Gasteiger partial charge on any atom is 0.255 e. The van der Waals surface area contributed by atoms with Crippen LogP contribution in [-0.4, -0.2) is 30.4 Å². The monoisotopic (exact) mass is 260 g/mol. The third kappa shape index (κ3) is 2.94. The van der Waals surface area contributed by atoms with Crippen LogP contribution < -0.4 is 5.73 Å². The van der Waals surface area contributed by atoms with Crippen LogP contribution in [0.4, 0.5) is 4.39 Å². The van der Waals surface area contributed by atoms with Gasteiger partial charge < -0.3 is 10.6 Å². The van der Waals surface area contributed by atoms with Gasteiger partial charge in [-0.1, -0.05) is 11.8 Å². The van der Waals surface area contributed by atoms with Gasteiger partial charge in [-0.25, -0.2) is 4.39 Å². The molecule has 0 atom stereocenters. The molecule has 1 aliphatic carbocycles. The van der Waals surface area contributed by atoms with Crippen LogP contribution in [0.25, 0.3) is 0 Å². The van der Waals surface area contributed by atoms with Gasteiger partial charge in [-0.3, -0.25) is 4.79 Å². The molecule has 3 nitrogen and oxygen atoms in total. The predicted molar refractivity (Wildman–Crippen MR) is 72.1 cm³/mol. The summed E-state index contributed by atoms with van der Waals surface area (Å²) in [6.07, 6.45) is 3.23. The van der Waals surface area contributed by atoms with Crippen LogP contribution in [0.5, 0.6) is 0 Å². The minimum absolute atomic E-state index is 0.106. The molecule has 0 radical (unpaired) electrons. The molecule has 0 heterocycles. The standard InChI is InChI=1S/C15H17FN2O/c1-18(13-5-2-6-13)15(19)14-8-7-12(16)10-11(14)4-3-9-17/h7-8,10,13H,2,5-6,9,17H2,1H3. The first-order chi connectivity index (χ1) is 9.13. The highest BCUT2D eigenvalue weighted by molar-refractivity contribution is 5.96. The van der Waals surface area contributed by atoms with Gasteiger partial charge in [0.2, 0.25) is 0 Å². The average molecular weight is 260 g/mol. The number of halogens is 1. The van der Waals surface area contributed by atoms with Gasteiger partial charge in [0, 0.05) is 18.7 Å². The van der Waals surface area contributed by atoms with E-state index in [4.69, 9.17) is 5.73 Å². The molecule has 0 saturated heterocycles. The SMILES string of the molecule is CN(C(=O)c1ccc(F)cc1C#CCN)C1CCC1. The summed E-state index contributed by atoms with van der Waals surface area (Å²) < 4.78 is 13.3. The Morgan fingerprint density at radius 1 is 1.53 bits per heavy atom. The van der Waals surface area contributed by atoms with Gasteiger partial charge in [-0.05, 0) is 37.5 Å². The summed E-state index contributed by atoms with van der Waals surface area (Å²) in [7, 11) is 1.79. The third-order valence-corrected chi connectivity index (χ3v) is 3.48. The molecule has 1 saturated carbocycles. The lowest BCUT2D eigenvalue weighted by Gasteiger charge is -2.34. The van der Waals surface area contributed by atoms with Gasteiger partial charge in [0.1, 0.15) is 5.82 Å². The molecule has 100 valence electrons. The molecule has 1 aromatic carbocycles. The van der Waals surface area contributed by atoms with Gasteiger partial charge in [-0.15, -0.1) is 0 Å².